The summed E-state index contributed by atoms with van der Waals surface area (Å²) in [7, 11) is -2.17. The van der Waals surface area contributed by atoms with Crippen LogP contribution in [0.25, 0.3) is 11.0 Å². The molecule has 1 N–H and O–H groups in total. The van der Waals surface area contributed by atoms with Crippen molar-refractivity contribution in [2.45, 2.75) is 11.1 Å². The summed E-state index contributed by atoms with van der Waals surface area (Å²) in [6, 6.07) is 7.63. The summed E-state index contributed by atoms with van der Waals surface area (Å²) < 4.78 is 31.9. The zero-order valence-electron chi connectivity index (χ0n) is 12.0. The van der Waals surface area contributed by atoms with Gasteiger partial charge >= 0.3 is 5.97 Å². The lowest BCUT2D eigenvalue weighted by Gasteiger charge is -2.35. The van der Waals surface area contributed by atoms with Crippen molar-refractivity contribution in [2.24, 2.45) is 0 Å². The molecule has 7 nitrogen and oxygen atoms in total. The van der Waals surface area contributed by atoms with E-state index in [0.717, 1.165) is 0 Å². The van der Waals surface area contributed by atoms with E-state index in [9.17, 15) is 18.3 Å². The maximum absolute atomic E-state index is 12.7. The lowest BCUT2D eigenvalue weighted by molar-refractivity contribution is -0.144. The van der Waals surface area contributed by atoms with E-state index < -0.39 is 22.0 Å². The highest BCUT2D eigenvalue weighted by molar-refractivity contribution is 7.89. The second-order valence-electron chi connectivity index (χ2n) is 5.30. The number of carbonyl (C=O) groups is 1. The van der Waals surface area contributed by atoms with Crippen molar-refractivity contribution >= 4 is 27.0 Å². The fourth-order valence-electron chi connectivity index (χ4n) is 2.55. The van der Waals surface area contributed by atoms with E-state index in [1.165, 1.54) is 10.4 Å². The SMILES string of the molecule is CN1CCN(S(=O)(=O)c2cc3ccccc3o2)CC1C(=O)O. The molecule has 1 aromatic heterocycles. The number of hydrogen-bond acceptors (Lipinski definition) is 5. The third kappa shape index (κ3) is 2.49. The first kappa shape index (κ1) is 15.0. The van der Waals surface area contributed by atoms with Crippen molar-refractivity contribution < 1.29 is 22.7 Å². The van der Waals surface area contributed by atoms with Crippen LogP contribution in [0.3, 0.4) is 0 Å². The molecule has 0 bridgehead atoms. The van der Waals surface area contributed by atoms with Crippen LogP contribution >= 0.6 is 0 Å². The molecule has 1 aromatic carbocycles. The van der Waals surface area contributed by atoms with E-state index >= 15 is 0 Å². The van der Waals surface area contributed by atoms with Gasteiger partial charge in [0.25, 0.3) is 10.0 Å². The third-order valence-electron chi connectivity index (χ3n) is 3.89. The number of carboxylic acids is 1. The van der Waals surface area contributed by atoms with Crippen LogP contribution < -0.4 is 0 Å². The highest BCUT2D eigenvalue weighted by Gasteiger charge is 2.37. The van der Waals surface area contributed by atoms with Gasteiger partial charge in [-0.05, 0) is 13.1 Å². The van der Waals surface area contributed by atoms with Crippen molar-refractivity contribution in [3.05, 3.63) is 30.3 Å². The Morgan fingerprint density at radius 1 is 1.32 bits per heavy atom. The topological polar surface area (TPSA) is 91.1 Å². The fourth-order valence-corrected chi connectivity index (χ4v) is 3.93. The summed E-state index contributed by atoms with van der Waals surface area (Å²) in [5.41, 5.74) is 0.491. The van der Waals surface area contributed by atoms with Gasteiger partial charge in [0.15, 0.2) is 0 Å². The zero-order chi connectivity index (χ0) is 15.9. The summed E-state index contributed by atoms with van der Waals surface area (Å²) in [5.74, 6) is -1.04. The van der Waals surface area contributed by atoms with Crippen LogP contribution in [0.4, 0.5) is 0 Å². The number of para-hydroxylation sites is 1. The molecule has 3 rings (SSSR count). The van der Waals surface area contributed by atoms with Crippen molar-refractivity contribution in [3.63, 3.8) is 0 Å². The first-order valence-corrected chi connectivity index (χ1v) is 8.25. The molecule has 22 heavy (non-hydrogen) atoms. The van der Waals surface area contributed by atoms with Crippen LogP contribution in [0.2, 0.25) is 0 Å². The molecule has 2 heterocycles. The molecule has 1 saturated heterocycles. The van der Waals surface area contributed by atoms with E-state index in [0.29, 0.717) is 17.5 Å². The third-order valence-corrected chi connectivity index (χ3v) is 5.61. The van der Waals surface area contributed by atoms with Crippen LogP contribution in [-0.2, 0) is 14.8 Å². The van der Waals surface area contributed by atoms with Crippen molar-refractivity contribution in [1.29, 1.82) is 0 Å². The van der Waals surface area contributed by atoms with Crippen molar-refractivity contribution in [2.75, 3.05) is 26.7 Å². The fraction of sp³-hybridized carbons (Fsp3) is 0.357. The van der Waals surface area contributed by atoms with Gasteiger partial charge in [-0.15, -0.1) is 0 Å². The van der Waals surface area contributed by atoms with Gasteiger partial charge in [-0.1, -0.05) is 18.2 Å². The summed E-state index contributed by atoms with van der Waals surface area (Å²) in [6.07, 6.45) is 0. The summed E-state index contributed by atoms with van der Waals surface area (Å²) in [4.78, 5) is 12.9. The predicted molar refractivity (Wildman–Crippen MR) is 79.0 cm³/mol. The minimum absolute atomic E-state index is 0.0921. The largest absolute Gasteiger partial charge is 0.480 e. The molecule has 2 aromatic rings. The Bertz CT molecular complexity index is 781. The average Bonchev–Trinajstić information content (AvgIpc) is 2.92. The number of sulfonamides is 1. The summed E-state index contributed by atoms with van der Waals surface area (Å²) in [5, 5.41) is 9.74. The number of nitrogens with zero attached hydrogens (tertiary/aromatic N) is 2. The first-order chi connectivity index (χ1) is 10.4. The molecule has 1 aliphatic rings. The maximum Gasteiger partial charge on any atom is 0.322 e. The van der Waals surface area contributed by atoms with Gasteiger partial charge in [0.05, 0.1) is 0 Å². The number of carboxylic acid groups (broad SMARTS) is 1. The molecule has 0 saturated carbocycles. The second kappa shape index (κ2) is 5.38. The van der Waals surface area contributed by atoms with E-state index in [2.05, 4.69) is 0 Å². The minimum atomic E-state index is -3.84. The standard InChI is InChI=1S/C14H16N2O5S/c1-15-6-7-16(9-11(15)14(17)18)22(19,20)13-8-10-4-2-3-5-12(10)21-13/h2-5,8,11H,6-7,9H2,1H3,(H,17,18). The first-order valence-electron chi connectivity index (χ1n) is 6.81. The van der Waals surface area contributed by atoms with Crippen LogP contribution in [0.5, 0.6) is 0 Å². The number of furan rings is 1. The smallest absolute Gasteiger partial charge is 0.322 e. The van der Waals surface area contributed by atoms with Gasteiger partial charge in [0.1, 0.15) is 11.6 Å². The number of benzene rings is 1. The molecule has 1 atom stereocenters. The molecule has 0 spiro atoms. The highest BCUT2D eigenvalue weighted by atomic mass is 32.2. The normalized spacial score (nSPS) is 21.2. The van der Waals surface area contributed by atoms with Gasteiger partial charge < -0.3 is 9.52 Å². The Labute approximate surface area is 127 Å². The van der Waals surface area contributed by atoms with Crippen LogP contribution in [0.15, 0.2) is 39.8 Å². The van der Waals surface area contributed by atoms with Crippen LogP contribution in [-0.4, -0.2) is 61.4 Å². The molecule has 0 aliphatic carbocycles. The van der Waals surface area contributed by atoms with Crippen LogP contribution in [0.1, 0.15) is 0 Å². The van der Waals surface area contributed by atoms with E-state index in [4.69, 9.17) is 4.42 Å². The minimum Gasteiger partial charge on any atom is -0.480 e. The van der Waals surface area contributed by atoms with Gasteiger partial charge in [-0.3, -0.25) is 9.69 Å². The molecule has 8 heteroatoms. The molecule has 1 aliphatic heterocycles. The van der Waals surface area contributed by atoms with Gasteiger partial charge in [-0.25, -0.2) is 8.42 Å². The number of piperazine rings is 1. The van der Waals surface area contributed by atoms with E-state index in [1.807, 2.05) is 0 Å². The van der Waals surface area contributed by atoms with Crippen molar-refractivity contribution in [1.82, 2.24) is 9.21 Å². The summed E-state index contributed by atoms with van der Waals surface area (Å²) in [6.45, 7) is 0.501. The Kier molecular flexibility index (Phi) is 3.67. The summed E-state index contributed by atoms with van der Waals surface area (Å²) >= 11 is 0. The lowest BCUT2D eigenvalue weighted by Crippen LogP contribution is -2.56. The maximum atomic E-state index is 12.7. The quantitative estimate of drug-likeness (QED) is 0.899. The highest BCUT2D eigenvalue weighted by Crippen LogP contribution is 2.26. The molecule has 1 unspecified atom stereocenters. The Morgan fingerprint density at radius 2 is 2.05 bits per heavy atom. The van der Waals surface area contributed by atoms with E-state index in [1.54, 1.807) is 36.2 Å². The van der Waals surface area contributed by atoms with Crippen molar-refractivity contribution in [3.8, 4) is 0 Å². The van der Waals surface area contributed by atoms with Crippen LogP contribution in [0, 0.1) is 0 Å². The number of aliphatic carboxylic acids is 1. The molecular weight excluding hydrogens is 308 g/mol. The Balaban J connectivity index is 1.94. The second-order valence-corrected chi connectivity index (χ2v) is 7.17. The number of hydrogen-bond donors (Lipinski definition) is 1. The van der Waals surface area contributed by atoms with Gasteiger partial charge in [-0.2, -0.15) is 4.31 Å². The molecule has 118 valence electrons. The predicted octanol–water partition coefficient (Wildman–Crippen LogP) is 0.822. The number of likely N-dealkylation sites (N-methyl/N-ethyl adjacent to an activating group) is 1. The van der Waals surface area contributed by atoms with Gasteiger partial charge in [0.2, 0.25) is 5.09 Å². The average molecular weight is 324 g/mol. The number of rotatable bonds is 3. The zero-order valence-corrected chi connectivity index (χ0v) is 12.8. The van der Waals surface area contributed by atoms with Gasteiger partial charge in [0, 0.05) is 31.1 Å². The lowest BCUT2D eigenvalue weighted by atomic mass is 10.2. The molecular formula is C14H16N2O5S. The Hall–Kier alpha value is -1.90. The molecule has 1 fully saturated rings. The Morgan fingerprint density at radius 3 is 2.73 bits per heavy atom. The number of fused-ring (bicyclic) bond motifs is 1. The monoisotopic (exact) mass is 324 g/mol. The van der Waals surface area contributed by atoms with E-state index in [-0.39, 0.29) is 18.2 Å². The molecule has 0 radical (unpaired) electrons. The molecule has 0 amide bonds.